The summed E-state index contributed by atoms with van der Waals surface area (Å²) in [6, 6.07) is 0. The lowest BCUT2D eigenvalue weighted by Crippen LogP contribution is -2.45. The van der Waals surface area contributed by atoms with Gasteiger partial charge in [-0.2, -0.15) is 0 Å². The Bertz CT molecular complexity index is 222. The first-order valence-electron chi connectivity index (χ1n) is 5.65. The number of piperidine rings is 1. The van der Waals surface area contributed by atoms with Gasteiger partial charge in [-0.3, -0.25) is 4.79 Å². The lowest BCUT2D eigenvalue weighted by molar-refractivity contribution is -0.144. The van der Waals surface area contributed by atoms with E-state index in [1.807, 2.05) is 11.8 Å². The monoisotopic (exact) mass is 211 g/mol. The zero-order chi connectivity index (χ0) is 11.3. The number of ether oxygens (including phenoxy) is 1. The molecule has 2 atom stereocenters. The normalized spacial score (nSPS) is 20.8. The Morgan fingerprint density at radius 3 is 2.47 bits per heavy atom. The van der Waals surface area contributed by atoms with Crippen LogP contribution in [-0.4, -0.2) is 37.1 Å². The van der Waals surface area contributed by atoms with Crippen molar-refractivity contribution in [2.45, 2.75) is 32.3 Å². The highest BCUT2D eigenvalue weighted by atomic mass is 16.5. The summed E-state index contributed by atoms with van der Waals surface area (Å²) in [4.78, 5) is 14.0. The van der Waals surface area contributed by atoms with E-state index >= 15 is 0 Å². The SMILES string of the molecule is C=C[C@H](C)[C@H](OC)C(=O)N1CCCCC1. The van der Waals surface area contributed by atoms with Gasteiger partial charge in [-0.15, -0.1) is 6.58 Å². The van der Waals surface area contributed by atoms with Crippen molar-refractivity contribution in [3.05, 3.63) is 12.7 Å². The average molecular weight is 211 g/mol. The van der Waals surface area contributed by atoms with Crippen molar-refractivity contribution in [1.82, 2.24) is 4.90 Å². The second kappa shape index (κ2) is 5.91. The largest absolute Gasteiger partial charge is 0.371 e. The molecule has 86 valence electrons. The Kier molecular flexibility index (Phi) is 4.82. The second-order valence-electron chi connectivity index (χ2n) is 4.14. The van der Waals surface area contributed by atoms with Gasteiger partial charge in [0.1, 0.15) is 6.10 Å². The molecule has 0 spiro atoms. The summed E-state index contributed by atoms with van der Waals surface area (Å²) in [5.41, 5.74) is 0. The zero-order valence-corrected chi connectivity index (χ0v) is 9.74. The molecular formula is C12H21NO2. The summed E-state index contributed by atoms with van der Waals surface area (Å²) in [7, 11) is 1.59. The fourth-order valence-electron chi connectivity index (χ4n) is 1.96. The summed E-state index contributed by atoms with van der Waals surface area (Å²) >= 11 is 0. The van der Waals surface area contributed by atoms with Gasteiger partial charge < -0.3 is 9.64 Å². The van der Waals surface area contributed by atoms with Gasteiger partial charge in [0.25, 0.3) is 5.91 Å². The van der Waals surface area contributed by atoms with Crippen LogP contribution in [0.3, 0.4) is 0 Å². The average Bonchev–Trinajstić information content (AvgIpc) is 2.30. The van der Waals surface area contributed by atoms with Crippen molar-refractivity contribution < 1.29 is 9.53 Å². The predicted octanol–water partition coefficient (Wildman–Crippen LogP) is 1.84. The highest BCUT2D eigenvalue weighted by Crippen LogP contribution is 2.15. The molecule has 0 saturated carbocycles. The molecule has 1 saturated heterocycles. The van der Waals surface area contributed by atoms with Crippen LogP contribution in [0.2, 0.25) is 0 Å². The zero-order valence-electron chi connectivity index (χ0n) is 9.74. The molecule has 1 amide bonds. The molecule has 0 radical (unpaired) electrons. The molecule has 1 aliphatic heterocycles. The van der Waals surface area contributed by atoms with E-state index in [2.05, 4.69) is 6.58 Å². The van der Waals surface area contributed by atoms with Crippen LogP contribution >= 0.6 is 0 Å². The maximum absolute atomic E-state index is 12.1. The number of rotatable bonds is 4. The fraction of sp³-hybridized carbons (Fsp3) is 0.750. The van der Waals surface area contributed by atoms with E-state index in [-0.39, 0.29) is 17.9 Å². The topological polar surface area (TPSA) is 29.5 Å². The number of amides is 1. The highest BCUT2D eigenvalue weighted by Gasteiger charge is 2.28. The van der Waals surface area contributed by atoms with E-state index in [0.29, 0.717) is 0 Å². The van der Waals surface area contributed by atoms with Gasteiger partial charge in [0.2, 0.25) is 0 Å². The Morgan fingerprint density at radius 2 is 2.00 bits per heavy atom. The van der Waals surface area contributed by atoms with Crippen LogP contribution in [0, 0.1) is 5.92 Å². The third kappa shape index (κ3) is 3.06. The van der Waals surface area contributed by atoms with Gasteiger partial charge in [-0.05, 0) is 19.3 Å². The van der Waals surface area contributed by atoms with Crippen LogP contribution in [0.5, 0.6) is 0 Å². The molecule has 1 rings (SSSR count). The van der Waals surface area contributed by atoms with E-state index in [9.17, 15) is 4.79 Å². The maximum Gasteiger partial charge on any atom is 0.252 e. The van der Waals surface area contributed by atoms with E-state index in [4.69, 9.17) is 4.74 Å². The lowest BCUT2D eigenvalue weighted by Gasteiger charge is -2.31. The van der Waals surface area contributed by atoms with Gasteiger partial charge in [-0.25, -0.2) is 0 Å². The molecule has 3 nitrogen and oxygen atoms in total. The fourth-order valence-corrected chi connectivity index (χ4v) is 1.96. The Balaban J connectivity index is 2.58. The Morgan fingerprint density at radius 1 is 1.40 bits per heavy atom. The molecule has 0 aliphatic carbocycles. The van der Waals surface area contributed by atoms with Crippen molar-refractivity contribution in [1.29, 1.82) is 0 Å². The van der Waals surface area contributed by atoms with Crippen LogP contribution in [0.25, 0.3) is 0 Å². The van der Waals surface area contributed by atoms with Gasteiger partial charge in [-0.1, -0.05) is 13.0 Å². The molecule has 15 heavy (non-hydrogen) atoms. The van der Waals surface area contributed by atoms with Crippen LogP contribution in [-0.2, 0) is 9.53 Å². The molecular weight excluding hydrogens is 190 g/mol. The molecule has 0 bridgehead atoms. The summed E-state index contributed by atoms with van der Waals surface area (Å²) in [5, 5.41) is 0. The summed E-state index contributed by atoms with van der Waals surface area (Å²) < 4.78 is 5.26. The van der Waals surface area contributed by atoms with E-state index in [1.165, 1.54) is 6.42 Å². The molecule has 0 aromatic carbocycles. The van der Waals surface area contributed by atoms with Crippen molar-refractivity contribution in [2.75, 3.05) is 20.2 Å². The van der Waals surface area contributed by atoms with Gasteiger partial charge in [0.15, 0.2) is 0 Å². The van der Waals surface area contributed by atoms with Gasteiger partial charge in [0.05, 0.1) is 0 Å². The summed E-state index contributed by atoms with van der Waals surface area (Å²) in [6.07, 6.45) is 4.88. The number of methoxy groups -OCH3 is 1. The number of carbonyl (C=O) groups excluding carboxylic acids is 1. The predicted molar refractivity (Wildman–Crippen MR) is 60.6 cm³/mol. The standard InChI is InChI=1S/C12H21NO2/c1-4-10(2)11(15-3)12(14)13-8-6-5-7-9-13/h4,10-11H,1,5-9H2,2-3H3/t10-,11-/m0/s1. The lowest BCUT2D eigenvalue weighted by atomic mass is 10.0. The van der Waals surface area contributed by atoms with Crippen LogP contribution in [0.1, 0.15) is 26.2 Å². The van der Waals surface area contributed by atoms with Crippen molar-refractivity contribution in [3.63, 3.8) is 0 Å². The van der Waals surface area contributed by atoms with Crippen molar-refractivity contribution in [2.24, 2.45) is 5.92 Å². The van der Waals surface area contributed by atoms with Crippen molar-refractivity contribution >= 4 is 5.91 Å². The minimum absolute atomic E-state index is 0.0735. The molecule has 1 heterocycles. The molecule has 0 N–H and O–H groups in total. The van der Waals surface area contributed by atoms with E-state index < -0.39 is 0 Å². The minimum atomic E-state index is -0.361. The third-order valence-corrected chi connectivity index (χ3v) is 3.01. The van der Waals surface area contributed by atoms with Crippen LogP contribution < -0.4 is 0 Å². The summed E-state index contributed by atoms with van der Waals surface area (Å²) in [5.74, 6) is 0.189. The molecule has 0 aromatic heterocycles. The number of likely N-dealkylation sites (tertiary alicyclic amines) is 1. The molecule has 0 aromatic rings. The number of hydrogen-bond donors (Lipinski definition) is 0. The van der Waals surface area contributed by atoms with E-state index in [0.717, 1.165) is 25.9 Å². The quantitative estimate of drug-likeness (QED) is 0.664. The van der Waals surface area contributed by atoms with Crippen LogP contribution in [0.4, 0.5) is 0 Å². The minimum Gasteiger partial charge on any atom is -0.371 e. The first kappa shape index (κ1) is 12.2. The van der Waals surface area contributed by atoms with Crippen LogP contribution in [0.15, 0.2) is 12.7 Å². The summed E-state index contributed by atoms with van der Waals surface area (Å²) in [6.45, 7) is 7.42. The number of carbonyl (C=O) groups is 1. The first-order valence-corrected chi connectivity index (χ1v) is 5.65. The number of nitrogens with zero attached hydrogens (tertiary/aromatic N) is 1. The van der Waals surface area contributed by atoms with Crippen molar-refractivity contribution in [3.8, 4) is 0 Å². The Hall–Kier alpha value is -0.830. The van der Waals surface area contributed by atoms with Gasteiger partial charge in [0, 0.05) is 26.1 Å². The molecule has 1 fully saturated rings. The Labute approximate surface area is 92.1 Å². The first-order chi connectivity index (χ1) is 7.20. The third-order valence-electron chi connectivity index (χ3n) is 3.01. The maximum atomic E-state index is 12.1. The molecule has 3 heteroatoms. The van der Waals surface area contributed by atoms with E-state index in [1.54, 1.807) is 13.2 Å². The second-order valence-corrected chi connectivity index (χ2v) is 4.14. The number of hydrogen-bond acceptors (Lipinski definition) is 2. The molecule has 0 unspecified atom stereocenters. The highest BCUT2D eigenvalue weighted by molar-refractivity contribution is 5.81. The smallest absolute Gasteiger partial charge is 0.252 e. The molecule has 1 aliphatic rings. The van der Waals surface area contributed by atoms with Gasteiger partial charge >= 0.3 is 0 Å².